The molecule has 0 aromatic heterocycles. The number of hydrogen-bond donors (Lipinski definition) is 1. The Balaban J connectivity index is 2.24. The van der Waals surface area contributed by atoms with Gasteiger partial charge in [0.25, 0.3) is 0 Å². The summed E-state index contributed by atoms with van der Waals surface area (Å²) in [6.07, 6.45) is 0.845. The highest BCUT2D eigenvalue weighted by molar-refractivity contribution is 5.22. The highest BCUT2D eigenvalue weighted by atomic mass is 19.2. The molecular weight excluding hydrogens is 212 g/mol. The van der Waals surface area contributed by atoms with Gasteiger partial charge in [0.15, 0.2) is 11.6 Å². The van der Waals surface area contributed by atoms with Crippen LogP contribution in [-0.4, -0.2) is 18.2 Å². The Kier molecular flexibility index (Phi) is 2.95. The summed E-state index contributed by atoms with van der Waals surface area (Å²) < 4.78 is 31.9. The lowest BCUT2D eigenvalue weighted by molar-refractivity contribution is 0.0952. The van der Waals surface area contributed by atoms with Crippen molar-refractivity contribution in [3.8, 4) is 0 Å². The molecule has 2 rings (SSSR count). The minimum Gasteiger partial charge on any atom is -0.377 e. The largest absolute Gasteiger partial charge is 0.377 e. The SMILES string of the molecule is CC1OCCC1(N)Cc1cccc(F)c1F. The summed E-state index contributed by atoms with van der Waals surface area (Å²) >= 11 is 0. The molecule has 0 amide bonds. The molecule has 2 atom stereocenters. The third kappa shape index (κ3) is 1.95. The van der Waals surface area contributed by atoms with E-state index in [2.05, 4.69) is 0 Å². The fraction of sp³-hybridized carbons (Fsp3) is 0.500. The fourth-order valence-corrected chi connectivity index (χ4v) is 2.07. The van der Waals surface area contributed by atoms with Gasteiger partial charge in [-0.15, -0.1) is 0 Å². The van der Waals surface area contributed by atoms with E-state index in [0.717, 1.165) is 6.07 Å². The average molecular weight is 227 g/mol. The molecule has 0 radical (unpaired) electrons. The molecule has 0 bridgehead atoms. The lowest BCUT2D eigenvalue weighted by atomic mass is 9.86. The van der Waals surface area contributed by atoms with Crippen molar-refractivity contribution in [2.45, 2.75) is 31.4 Å². The zero-order chi connectivity index (χ0) is 11.8. The molecule has 1 heterocycles. The van der Waals surface area contributed by atoms with E-state index in [1.807, 2.05) is 6.92 Å². The average Bonchev–Trinajstić information content (AvgIpc) is 2.55. The van der Waals surface area contributed by atoms with E-state index in [1.54, 1.807) is 6.07 Å². The van der Waals surface area contributed by atoms with Gasteiger partial charge in [-0.2, -0.15) is 0 Å². The Hall–Kier alpha value is -1.00. The fourth-order valence-electron chi connectivity index (χ4n) is 2.07. The molecule has 4 heteroatoms. The summed E-state index contributed by atoms with van der Waals surface area (Å²) in [4.78, 5) is 0. The first-order valence-electron chi connectivity index (χ1n) is 5.36. The molecule has 2 nitrogen and oxygen atoms in total. The molecule has 16 heavy (non-hydrogen) atoms. The number of halogens is 2. The molecule has 1 saturated heterocycles. The van der Waals surface area contributed by atoms with Crippen LogP contribution in [0.25, 0.3) is 0 Å². The zero-order valence-electron chi connectivity index (χ0n) is 9.17. The number of ether oxygens (including phenoxy) is 1. The number of benzene rings is 1. The van der Waals surface area contributed by atoms with Gasteiger partial charge in [-0.25, -0.2) is 8.78 Å². The molecule has 1 aliphatic rings. The highest BCUT2D eigenvalue weighted by Gasteiger charge is 2.38. The van der Waals surface area contributed by atoms with Crippen LogP contribution >= 0.6 is 0 Å². The van der Waals surface area contributed by atoms with Crippen LogP contribution in [0, 0.1) is 11.6 Å². The third-order valence-corrected chi connectivity index (χ3v) is 3.30. The summed E-state index contributed by atoms with van der Waals surface area (Å²) in [6, 6.07) is 4.17. The van der Waals surface area contributed by atoms with Crippen molar-refractivity contribution in [2.24, 2.45) is 5.73 Å². The van der Waals surface area contributed by atoms with Gasteiger partial charge in [-0.3, -0.25) is 0 Å². The van der Waals surface area contributed by atoms with Crippen molar-refractivity contribution in [1.82, 2.24) is 0 Å². The lowest BCUT2D eigenvalue weighted by Crippen LogP contribution is -2.48. The van der Waals surface area contributed by atoms with Gasteiger partial charge in [0.05, 0.1) is 6.10 Å². The molecule has 2 N–H and O–H groups in total. The van der Waals surface area contributed by atoms with Gasteiger partial charge >= 0.3 is 0 Å². The summed E-state index contributed by atoms with van der Waals surface area (Å²) in [6.45, 7) is 2.44. The smallest absolute Gasteiger partial charge is 0.162 e. The molecule has 0 aliphatic carbocycles. The molecule has 1 fully saturated rings. The van der Waals surface area contributed by atoms with Crippen LogP contribution in [0.2, 0.25) is 0 Å². The van der Waals surface area contributed by atoms with Crippen molar-refractivity contribution < 1.29 is 13.5 Å². The van der Waals surface area contributed by atoms with E-state index in [9.17, 15) is 8.78 Å². The summed E-state index contributed by atoms with van der Waals surface area (Å²) in [5.74, 6) is -1.63. The zero-order valence-corrected chi connectivity index (χ0v) is 9.17. The third-order valence-electron chi connectivity index (χ3n) is 3.30. The van der Waals surface area contributed by atoms with Gasteiger partial charge < -0.3 is 10.5 Å². The van der Waals surface area contributed by atoms with Crippen molar-refractivity contribution in [3.63, 3.8) is 0 Å². The van der Waals surface area contributed by atoms with Crippen molar-refractivity contribution in [3.05, 3.63) is 35.4 Å². The maximum atomic E-state index is 13.5. The summed E-state index contributed by atoms with van der Waals surface area (Å²) in [7, 11) is 0. The second-order valence-electron chi connectivity index (χ2n) is 4.39. The minimum atomic E-state index is -0.826. The number of hydrogen-bond acceptors (Lipinski definition) is 2. The van der Waals surface area contributed by atoms with Gasteiger partial charge in [-0.05, 0) is 31.4 Å². The maximum Gasteiger partial charge on any atom is 0.162 e. The minimum absolute atomic E-state index is 0.129. The van der Waals surface area contributed by atoms with E-state index >= 15 is 0 Å². The van der Waals surface area contributed by atoms with Crippen molar-refractivity contribution >= 4 is 0 Å². The van der Waals surface area contributed by atoms with Crippen LogP contribution in [0.5, 0.6) is 0 Å². The van der Waals surface area contributed by atoms with Crippen LogP contribution in [0.3, 0.4) is 0 Å². The van der Waals surface area contributed by atoms with E-state index in [-0.39, 0.29) is 6.10 Å². The molecule has 1 aromatic rings. The summed E-state index contributed by atoms with van der Waals surface area (Å²) in [5, 5.41) is 0. The van der Waals surface area contributed by atoms with Gasteiger partial charge in [0.2, 0.25) is 0 Å². The monoisotopic (exact) mass is 227 g/mol. The van der Waals surface area contributed by atoms with E-state index in [1.165, 1.54) is 6.07 Å². The predicted molar refractivity (Wildman–Crippen MR) is 57.0 cm³/mol. The molecule has 2 unspecified atom stereocenters. The van der Waals surface area contributed by atoms with Crippen LogP contribution < -0.4 is 5.73 Å². The van der Waals surface area contributed by atoms with Gasteiger partial charge in [0.1, 0.15) is 0 Å². The Labute approximate surface area is 93.4 Å². The Morgan fingerprint density at radius 1 is 1.50 bits per heavy atom. The van der Waals surface area contributed by atoms with Gasteiger partial charge in [0, 0.05) is 12.1 Å². The van der Waals surface area contributed by atoms with E-state index in [0.29, 0.717) is 25.0 Å². The molecule has 88 valence electrons. The van der Waals surface area contributed by atoms with Crippen molar-refractivity contribution in [2.75, 3.05) is 6.61 Å². The maximum absolute atomic E-state index is 13.5. The molecule has 1 aromatic carbocycles. The predicted octanol–water partition coefficient (Wildman–Crippen LogP) is 2.01. The van der Waals surface area contributed by atoms with E-state index in [4.69, 9.17) is 10.5 Å². The van der Waals surface area contributed by atoms with Crippen LogP contribution in [0.15, 0.2) is 18.2 Å². The number of rotatable bonds is 2. The van der Waals surface area contributed by atoms with Crippen LogP contribution in [0.4, 0.5) is 8.78 Å². The van der Waals surface area contributed by atoms with Crippen LogP contribution in [-0.2, 0) is 11.2 Å². The first kappa shape index (κ1) is 11.5. The molecule has 1 aliphatic heterocycles. The first-order chi connectivity index (χ1) is 7.53. The highest BCUT2D eigenvalue weighted by Crippen LogP contribution is 2.28. The molecule has 0 spiro atoms. The second-order valence-corrected chi connectivity index (χ2v) is 4.39. The Morgan fingerprint density at radius 2 is 2.25 bits per heavy atom. The van der Waals surface area contributed by atoms with Crippen LogP contribution in [0.1, 0.15) is 18.9 Å². The standard InChI is InChI=1S/C12H15F2NO/c1-8-12(15,5-6-16-8)7-9-3-2-4-10(13)11(9)14/h2-4,8H,5-7,15H2,1H3. The normalized spacial score (nSPS) is 29.6. The Morgan fingerprint density at radius 3 is 2.88 bits per heavy atom. The summed E-state index contributed by atoms with van der Waals surface area (Å²) in [5.41, 5.74) is 5.87. The first-order valence-corrected chi connectivity index (χ1v) is 5.36. The Bertz CT molecular complexity index is 397. The van der Waals surface area contributed by atoms with Gasteiger partial charge in [-0.1, -0.05) is 12.1 Å². The second kappa shape index (κ2) is 4.11. The number of nitrogens with two attached hydrogens (primary N) is 1. The lowest BCUT2D eigenvalue weighted by Gasteiger charge is -2.27. The quantitative estimate of drug-likeness (QED) is 0.838. The molecule has 0 saturated carbocycles. The van der Waals surface area contributed by atoms with E-state index < -0.39 is 17.2 Å². The topological polar surface area (TPSA) is 35.2 Å². The molecular formula is C12H15F2NO. The van der Waals surface area contributed by atoms with Crippen molar-refractivity contribution in [1.29, 1.82) is 0 Å².